The molecule has 0 aliphatic carbocycles. The van der Waals surface area contributed by atoms with E-state index in [4.69, 9.17) is 4.42 Å². The monoisotopic (exact) mass is 305 g/mol. The lowest BCUT2D eigenvalue weighted by molar-refractivity contribution is 0.0947. The van der Waals surface area contributed by atoms with E-state index in [1.54, 1.807) is 6.26 Å². The number of hydrogen-bond acceptors (Lipinski definition) is 2. The van der Waals surface area contributed by atoms with Gasteiger partial charge in [-0.2, -0.15) is 0 Å². The highest BCUT2D eigenvalue weighted by molar-refractivity contribution is 5.95. The Kier molecular flexibility index (Phi) is 4.89. The second-order valence-electron chi connectivity index (χ2n) is 5.40. The van der Waals surface area contributed by atoms with E-state index in [1.807, 2.05) is 54.6 Å². The average Bonchev–Trinajstić information content (AvgIpc) is 3.12. The van der Waals surface area contributed by atoms with E-state index >= 15 is 0 Å². The molecule has 3 aromatic rings. The second kappa shape index (κ2) is 7.45. The maximum Gasteiger partial charge on any atom is 0.251 e. The fraction of sp³-hybridized carbons (Fsp3) is 0.150. The van der Waals surface area contributed by atoms with Crippen molar-refractivity contribution < 1.29 is 9.21 Å². The van der Waals surface area contributed by atoms with Gasteiger partial charge >= 0.3 is 0 Å². The van der Waals surface area contributed by atoms with E-state index in [1.165, 1.54) is 5.56 Å². The fourth-order valence-electron chi connectivity index (χ4n) is 2.56. The van der Waals surface area contributed by atoms with Gasteiger partial charge in [-0.15, -0.1) is 0 Å². The summed E-state index contributed by atoms with van der Waals surface area (Å²) < 4.78 is 5.24. The normalized spacial score (nSPS) is 10.4. The molecule has 1 heterocycles. The van der Waals surface area contributed by atoms with E-state index in [9.17, 15) is 4.79 Å². The Hall–Kier alpha value is -2.81. The smallest absolute Gasteiger partial charge is 0.251 e. The molecule has 0 atom stereocenters. The standard InChI is InChI=1S/C20H19NO2/c22-20(21-15-18-10-6-14-23-18)19-11-5-4-9-17(19)13-12-16-7-2-1-3-8-16/h1-11,14H,12-13,15H2,(H,21,22). The molecule has 3 heteroatoms. The summed E-state index contributed by atoms with van der Waals surface area (Å²) in [6.07, 6.45) is 3.37. The van der Waals surface area contributed by atoms with Gasteiger partial charge in [-0.1, -0.05) is 48.5 Å². The average molecular weight is 305 g/mol. The van der Waals surface area contributed by atoms with Gasteiger partial charge in [0.25, 0.3) is 5.91 Å². The van der Waals surface area contributed by atoms with Crippen LogP contribution in [0.2, 0.25) is 0 Å². The Labute approximate surface area is 136 Å². The first-order valence-electron chi connectivity index (χ1n) is 7.75. The molecule has 0 saturated heterocycles. The molecule has 3 nitrogen and oxygen atoms in total. The number of benzene rings is 2. The quantitative estimate of drug-likeness (QED) is 0.748. The molecule has 1 amide bonds. The molecule has 2 aromatic carbocycles. The lowest BCUT2D eigenvalue weighted by Crippen LogP contribution is -2.23. The minimum absolute atomic E-state index is 0.0648. The van der Waals surface area contributed by atoms with Gasteiger partial charge in [0.05, 0.1) is 12.8 Å². The molecule has 23 heavy (non-hydrogen) atoms. The highest BCUT2D eigenvalue weighted by Gasteiger charge is 2.11. The van der Waals surface area contributed by atoms with E-state index in [2.05, 4.69) is 17.4 Å². The number of furan rings is 1. The molecule has 0 fully saturated rings. The van der Waals surface area contributed by atoms with Crippen molar-refractivity contribution in [1.82, 2.24) is 5.32 Å². The van der Waals surface area contributed by atoms with Crippen LogP contribution in [-0.4, -0.2) is 5.91 Å². The first kappa shape index (κ1) is 15.1. The van der Waals surface area contributed by atoms with Gasteiger partial charge in [0.15, 0.2) is 0 Å². The SMILES string of the molecule is O=C(NCc1ccco1)c1ccccc1CCc1ccccc1. The topological polar surface area (TPSA) is 42.2 Å². The lowest BCUT2D eigenvalue weighted by atomic mass is 9.99. The maximum atomic E-state index is 12.4. The van der Waals surface area contributed by atoms with Gasteiger partial charge in [-0.05, 0) is 42.2 Å². The van der Waals surface area contributed by atoms with Gasteiger partial charge in [0.2, 0.25) is 0 Å². The fourth-order valence-corrected chi connectivity index (χ4v) is 2.56. The zero-order valence-electron chi connectivity index (χ0n) is 12.9. The molecule has 0 saturated carbocycles. The molecule has 116 valence electrons. The number of rotatable bonds is 6. The Morgan fingerprint density at radius 3 is 2.43 bits per heavy atom. The summed E-state index contributed by atoms with van der Waals surface area (Å²) in [5, 5.41) is 2.91. The van der Waals surface area contributed by atoms with Crippen molar-refractivity contribution in [3.63, 3.8) is 0 Å². The molecule has 3 rings (SSSR count). The Morgan fingerprint density at radius 1 is 0.870 bits per heavy atom. The van der Waals surface area contributed by atoms with Crippen LogP contribution in [0.15, 0.2) is 77.4 Å². The first-order valence-corrected chi connectivity index (χ1v) is 7.75. The molecule has 1 aromatic heterocycles. The van der Waals surface area contributed by atoms with Crippen molar-refractivity contribution in [2.45, 2.75) is 19.4 Å². The summed E-state index contributed by atoms with van der Waals surface area (Å²) in [6.45, 7) is 0.402. The summed E-state index contributed by atoms with van der Waals surface area (Å²) in [7, 11) is 0. The van der Waals surface area contributed by atoms with Crippen LogP contribution < -0.4 is 5.32 Å². The molecular weight excluding hydrogens is 286 g/mol. The molecule has 0 aliphatic heterocycles. The zero-order chi connectivity index (χ0) is 15.9. The molecule has 1 N–H and O–H groups in total. The van der Waals surface area contributed by atoms with Gasteiger partial charge < -0.3 is 9.73 Å². The summed E-state index contributed by atoms with van der Waals surface area (Å²) in [6, 6.07) is 21.7. The highest BCUT2D eigenvalue weighted by atomic mass is 16.3. The number of nitrogens with one attached hydrogen (secondary N) is 1. The predicted molar refractivity (Wildman–Crippen MR) is 90.2 cm³/mol. The Balaban J connectivity index is 1.66. The third kappa shape index (κ3) is 4.10. The van der Waals surface area contributed by atoms with Crippen molar-refractivity contribution in [1.29, 1.82) is 0 Å². The van der Waals surface area contributed by atoms with Crippen molar-refractivity contribution in [3.05, 3.63) is 95.4 Å². The molecule has 0 unspecified atom stereocenters. The van der Waals surface area contributed by atoms with Crippen LogP contribution >= 0.6 is 0 Å². The number of hydrogen-bond donors (Lipinski definition) is 1. The van der Waals surface area contributed by atoms with Crippen molar-refractivity contribution in [3.8, 4) is 0 Å². The summed E-state index contributed by atoms with van der Waals surface area (Å²) in [5.41, 5.74) is 3.07. The zero-order valence-corrected chi connectivity index (χ0v) is 12.9. The van der Waals surface area contributed by atoms with E-state index in [0.29, 0.717) is 6.54 Å². The minimum atomic E-state index is -0.0648. The van der Waals surface area contributed by atoms with E-state index in [-0.39, 0.29) is 5.91 Å². The van der Waals surface area contributed by atoms with E-state index in [0.717, 1.165) is 29.7 Å². The van der Waals surface area contributed by atoms with Crippen LogP contribution in [-0.2, 0) is 19.4 Å². The summed E-state index contributed by atoms with van der Waals surface area (Å²) in [5.74, 6) is 0.685. The van der Waals surface area contributed by atoms with Crippen LogP contribution in [0.25, 0.3) is 0 Å². The van der Waals surface area contributed by atoms with Crippen LogP contribution in [0.5, 0.6) is 0 Å². The summed E-state index contributed by atoms with van der Waals surface area (Å²) >= 11 is 0. The summed E-state index contributed by atoms with van der Waals surface area (Å²) in [4.78, 5) is 12.4. The van der Waals surface area contributed by atoms with Crippen LogP contribution in [0.3, 0.4) is 0 Å². The third-order valence-electron chi connectivity index (χ3n) is 3.79. The Morgan fingerprint density at radius 2 is 1.65 bits per heavy atom. The van der Waals surface area contributed by atoms with Gasteiger partial charge in [-0.3, -0.25) is 4.79 Å². The van der Waals surface area contributed by atoms with Crippen LogP contribution in [0.4, 0.5) is 0 Å². The molecular formula is C20H19NO2. The second-order valence-corrected chi connectivity index (χ2v) is 5.40. The predicted octanol–water partition coefficient (Wildman–Crippen LogP) is 3.99. The van der Waals surface area contributed by atoms with Gasteiger partial charge in [-0.25, -0.2) is 0 Å². The minimum Gasteiger partial charge on any atom is -0.467 e. The molecule has 0 spiro atoms. The maximum absolute atomic E-state index is 12.4. The molecule has 0 aliphatic rings. The largest absolute Gasteiger partial charge is 0.467 e. The number of aryl methyl sites for hydroxylation is 2. The van der Waals surface area contributed by atoms with Crippen molar-refractivity contribution >= 4 is 5.91 Å². The van der Waals surface area contributed by atoms with Crippen molar-refractivity contribution in [2.75, 3.05) is 0 Å². The number of carbonyl (C=O) groups excluding carboxylic acids is 1. The molecule has 0 radical (unpaired) electrons. The van der Waals surface area contributed by atoms with Gasteiger partial charge in [0, 0.05) is 5.56 Å². The first-order chi connectivity index (χ1) is 11.3. The number of carbonyl (C=O) groups is 1. The van der Waals surface area contributed by atoms with Gasteiger partial charge in [0.1, 0.15) is 5.76 Å². The number of amides is 1. The molecule has 0 bridgehead atoms. The van der Waals surface area contributed by atoms with Crippen LogP contribution in [0.1, 0.15) is 27.2 Å². The lowest BCUT2D eigenvalue weighted by Gasteiger charge is -2.10. The highest BCUT2D eigenvalue weighted by Crippen LogP contribution is 2.13. The van der Waals surface area contributed by atoms with Crippen LogP contribution in [0, 0.1) is 0 Å². The Bertz CT molecular complexity index is 748. The van der Waals surface area contributed by atoms with Crippen molar-refractivity contribution in [2.24, 2.45) is 0 Å². The van der Waals surface area contributed by atoms with E-state index < -0.39 is 0 Å². The third-order valence-corrected chi connectivity index (χ3v) is 3.79.